The van der Waals surface area contributed by atoms with Gasteiger partial charge in [0.1, 0.15) is 0 Å². The molecule has 1 amide bonds. The molecule has 1 rings (SSSR count). The average molecular weight is 349 g/mol. The second-order valence-corrected chi connectivity index (χ2v) is 5.55. The number of carbonyl (C=O) groups is 2. The van der Waals surface area contributed by atoms with Gasteiger partial charge in [-0.1, -0.05) is 13.8 Å². The molecule has 3 atom stereocenters. The summed E-state index contributed by atoms with van der Waals surface area (Å²) in [4.78, 5) is 23.4. The number of nitrogens with one attached hydrogen (secondary N) is 1. The van der Waals surface area contributed by atoms with Gasteiger partial charge in [-0.2, -0.15) is 0 Å². The number of amides is 1. The number of halogens is 1. The van der Waals surface area contributed by atoms with Crippen LogP contribution in [0.5, 0.6) is 0 Å². The molecule has 0 aromatic heterocycles. The number of rotatable bonds is 7. The van der Waals surface area contributed by atoms with E-state index in [0.29, 0.717) is 18.6 Å². The standard InChI is InChI=1S/C16H28N2O4.ClH/c1-5-12(6-2)22-14-9-11(16(20)21-7-3)8-13(17)15(14)18-10(4)19;/h9,12-15H,5-8,17H2,1-4H3,(H,18,19);1H/t13-,14-,15-;/m1./s1. The van der Waals surface area contributed by atoms with E-state index in [2.05, 4.69) is 5.32 Å². The van der Waals surface area contributed by atoms with Crippen molar-refractivity contribution in [3.63, 3.8) is 0 Å². The van der Waals surface area contributed by atoms with Crippen LogP contribution in [-0.2, 0) is 19.1 Å². The van der Waals surface area contributed by atoms with E-state index in [1.165, 1.54) is 6.92 Å². The summed E-state index contributed by atoms with van der Waals surface area (Å²) >= 11 is 0. The Kier molecular flexibility index (Phi) is 10.1. The Morgan fingerprint density at radius 2 is 1.96 bits per heavy atom. The number of ether oxygens (including phenoxy) is 2. The van der Waals surface area contributed by atoms with Crippen molar-refractivity contribution < 1.29 is 19.1 Å². The predicted molar refractivity (Wildman–Crippen MR) is 91.4 cm³/mol. The van der Waals surface area contributed by atoms with Gasteiger partial charge in [-0.3, -0.25) is 4.79 Å². The SMILES string of the molecule is CCOC(=O)C1=C[C@@H](OC(CC)CC)[C@H](NC(C)=O)[C@H](N)C1.Cl. The molecule has 0 bridgehead atoms. The van der Waals surface area contributed by atoms with Crippen molar-refractivity contribution in [1.82, 2.24) is 5.32 Å². The van der Waals surface area contributed by atoms with E-state index in [-0.39, 0.29) is 42.5 Å². The molecule has 0 fully saturated rings. The van der Waals surface area contributed by atoms with Crippen LogP contribution >= 0.6 is 12.4 Å². The fourth-order valence-corrected chi connectivity index (χ4v) is 2.62. The van der Waals surface area contributed by atoms with E-state index in [1.807, 2.05) is 13.8 Å². The van der Waals surface area contributed by atoms with Gasteiger partial charge in [0.15, 0.2) is 0 Å². The van der Waals surface area contributed by atoms with Gasteiger partial charge in [0, 0.05) is 18.5 Å². The lowest BCUT2D eigenvalue weighted by atomic mass is 9.88. The monoisotopic (exact) mass is 348 g/mol. The maximum Gasteiger partial charge on any atom is 0.333 e. The van der Waals surface area contributed by atoms with Crippen molar-refractivity contribution in [2.75, 3.05) is 6.61 Å². The zero-order chi connectivity index (χ0) is 16.7. The molecular formula is C16H29ClN2O4. The number of carbonyl (C=O) groups excluding carboxylic acids is 2. The first-order chi connectivity index (χ1) is 10.4. The van der Waals surface area contributed by atoms with Crippen molar-refractivity contribution in [2.45, 2.75) is 71.2 Å². The first-order valence-corrected chi connectivity index (χ1v) is 7.98. The van der Waals surface area contributed by atoms with E-state index in [0.717, 1.165) is 12.8 Å². The average Bonchev–Trinajstić information content (AvgIpc) is 2.47. The van der Waals surface area contributed by atoms with E-state index in [1.54, 1.807) is 13.0 Å². The summed E-state index contributed by atoms with van der Waals surface area (Å²) in [6.07, 6.45) is 3.48. The van der Waals surface area contributed by atoms with Gasteiger partial charge in [-0.05, 0) is 32.3 Å². The highest BCUT2D eigenvalue weighted by Gasteiger charge is 2.35. The van der Waals surface area contributed by atoms with Crippen LogP contribution in [0.25, 0.3) is 0 Å². The maximum atomic E-state index is 12.0. The maximum absolute atomic E-state index is 12.0. The quantitative estimate of drug-likeness (QED) is 0.683. The van der Waals surface area contributed by atoms with Crippen molar-refractivity contribution in [3.8, 4) is 0 Å². The highest BCUT2D eigenvalue weighted by atomic mass is 35.5. The molecule has 0 radical (unpaired) electrons. The highest BCUT2D eigenvalue weighted by molar-refractivity contribution is 5.89. The molecule has 1 aliphatic carbocycles. The lowest BCUT2D eigenvalue weighted by molar-refractivity contribution is -0.139. The van der Waals surface area contributed by atoms with Crippen LogP contribution in [0.15, 0.2) is 11.6 Å². The molecule has 0 spiro atoms. The molecule has 134 valence electrons. The summed E-state index contributed by atoms with van der Waals surface area (Å²) in [6.45, 7) is 7.62. The molecule has 0 aromatic carbocycles. The summed E-state index contributed by atoms with van der Waals surface area (Å²) in [7, 11) is 0. The third-order valence-corrected chi connectivity index (χ3v) is 3.80. The molecule has 0 aromatic rings. The van der Waals surface area contributed by atoms with Gasteiger partial charge >= 0.3 is 5.97 Å². The van der Waals surface area contributed by atoms with Crippen LogP contribution in [0, 0.1) is 0 Å². The minimum Gasteiger partial charge on any atom is -0.463 e. The molecule has 0 saturated heterocycles. The normalized spacial score (nSPS) is 23.7. The molecule has 0 saturated carbocycles. The summed E-state index contributed by atoms with van der Waals surface area (Å²) in [5.74, 6) is -0.524. The summed E-state index contributed by atoms with van der Waals surface area (Å²) in [6, 6.07) is -0.719. The smallest absolute Gasteiger partial charge is 0.333 e. The zero-order valence-electron chi connectivity index (χ0n) is 14.3. The molecule has 0 heterocycles. The second kappa shape index (κ2) is 10.6. The molecule has 23 heavy (non-hydrogen) atoms. The molecule has 0 aliphatic heterocycles. The Morgan fingerprint density at radius 3 is 2.43 bits per heavy atom. The van der Waals surface area contributed by atoms with Crippen LogP contribution in [0.4, 0.5) is 0 Å². The van der Waals surface area contributed by atoms with Crippen LogP contribution < -0.4 is 11.1 Å². The Bertz CT molecular complexity index is 424. The van der Waals surface area contributed by atoms with Crippen LogP contribution in [0.3, 0.4) is 0 Å². The lowest BCUT2D eigenvalue weighted by Crippen LogP contribution is -2.57. The van der Waals surface area contributed by atoms with Crippen molar-refractivity contribution >= 4 is 24.3 Å². The van der Waals surface area contributed by atoms with Gasteiger partial charge < -0.3 is 20.5 Å². The highest BCUT2D eigenvalue weighted by Crippen LogP contribution is 2.24. The summed E-state index contributed by atoms with van der Waals surface area (Å²) < 4.78 is 11.1. The van der Waals surface area contributed by atoms with Crippen molar-refractivity contribution in [3.05, 3.63) is 11.6 Å². The number of hydrogen-bond acceptors (Lipinski definition) is 5. The number of hydrogen-bond donors (Lipinski definition) is 2. The van der Waals surface area contributed by atoms with Crippen LogP contribution in [0.2, 0.25) is 0 Å². The molecular weight excluding hydrogens is 320 g/mol. The fourth-order valence-electron chi connectivity index (χ4n) is 2.62. The van der Waals surface area contributed by atoms with Gasteiger partial charge in [-0.25, -0.2) is 4.79 Å². The van der Waals surface area contributed by atoms with E-state index in [9.17, 15) is 9.59 Å². The third kappa shape index (κ3) is 6.49. The summed E-state index contributed by atoms with van der Waals surface area (Å²) in [5, 5.41) is 2.84. The van der Waals surface area contributed by atoms with E-state index < -0.39 is 6.10 Å². The number of esters is 1. The molecule has 6 nitrogen and oxygen atoms in total. The topological polar surface area (TPSA) is 90.6 Å². The zero-order valence-corrected chi connectivity index (χ0v) is 15.2. The van der Waals surface area contributed by atoms with Crippen molar-refractivity contribution in [2.24, 2.45) is 5.73 Å². The Labute approximate surface area is 144 Å². The fraction of sp³-hybridized carbons (Fsp3) is 0.750. The first kappa shape index (κ1) is 21.9. The minimum atomic E-state index is -0.419. The van der Waals surface area contributed by atoms with Gasteiger partial charge in [0.2, 0.25) is 5.91 Å². The largest absolute Gasteiger partial charge is 0.463 e. The van der Waals surface area contributed by atoms with E-state index in [4.69, 9.17) is 15.2 Å². The molecule has 0 unspecified atom stereocenters. The Balaban J connectivity index is 0.00000484. The van der Waals surface area contributed by atoms with Gasteiger partial charge in [0.05, 0.1) is 24.9 Å². The second-order valence-electron chi connectivity index (χ2n) is 5.55. The summed E-state index contributed by atoms with van der Waals surface area (Å²) in [5.41, 5.74) is 6.68. The minimum absolute atomic E-state index is 0. The van der Waals surface area contributed by atoms with Gasteiger partial charge in [-0.15, -0.1) is 12.4 Å². The first-order valence-electron chi connectivity index (χ1n) is 7.98. The lowest BCUT2D eigenvalue weighted by Gasteiger charge is -2.36. The van der Waals surface area contributed by atoms with Crippen LogP contribution in [0.1, 0.15) is 47.0 Å². The predicted octanol–water partition coefficient (Wildman–Crippen LogP) is 1.71. The molecule has 7 heteroatoms. The van der Waals surface area contributed by atoms with Crippen molar-refractivity contribution in [1.29, 1.82) is 0 Å². The van der Waals surface area contributed by atoms with Crippen LogP contribution in [-0.4, -0.2) is 42.8 Å². The third-order valence-electron chi connectivity index (χ3n) is 3.80. The Hall–Kier alpha value is -1.11. The Morgan fingerprint density at radius 1 is 1.35 bits per heavy atom. The van der Waals surface area contributed by atoms with E-state index >= 15 is 0 Å². The number of nitrogens with two attached hydrogens (primary N) is 1. The molecule has 1 aliphatic rings. The van der Waals surface area contributed by atoms with Gasteiger partial charge in [0.25, 0.3) is 0 Å². The molecule has 3 N–H and O–H groups in total.